The summed E-state index contributed by atoms with van der Waals surface area (Å²) in [6, 6.07) is 0. The Morgan fingerprint density at radius 3 is 2.79 bits per heavy atom. The molecule has 3 nitrogen and oxygen atoms in total. The van der Waals surface area contributed by atoms with Gasteiger partial charge >= 0.3 is 0 Å². The molecule has 0 fully saturated rings. The summed E-state index contributed by atoms with van der Waals surface area (Å²) in [5.74, 6) is 0. The molecule has 14 heavy (non-hydrogen) atoms. The van der Waals surface area contributed by atoms with Gasteiger partial charge in [0.1, 0.15) is 12.0 Å². The van der Waals surface area contributed by atoms with E-state index in [1.54, 1.807) is 33.6 Å². The van der Waals surface area contributed by atoms with Crippen molar-refractivity contribution in [3.63, 3.8) is 0 Å². The maximum absolute atomic E-state index is 4.26. The fourth-order valence-corrected chi connectivity index (χ4v) is 2.02. The van der Waals surface area contributed by atoms with Crippen LogP contribution in [0.15, 0.2) is 16.9 Å². The predicted octanol–water partition coefficient (Wildman–Crippen LogP) is 3.60. The highest BCUT2D eigenvalue weighted by molar-refractivity contribution is 14.2. The molecule has 1 aromatic heterocycles. The van der Waals surface area contributed by atoms with Gasteiger partial charge in [0.25, 0.3) is 0 Å². The zero-order chi connectivity index (χ0) is 10.6. The van der Waals surface area contributed by atoms with Gasteiger partial charge in [-0.15, -0.1) is 0 Å². The van der Waals surface area contributed by atoms with Crippen LogP contribution in [0.3, 0.4) is 0 Å². The molecule has 0 amide bonds. The SMILES string of the molecule is CC(C)(C)S/N=C/c1cn(SI)cn1. The van der Waals surface area contributed by atoms with Gasteiger partial charge in [0.05, 0.1) is 6.21 Å². The normalized spacial score (nSPS) is 12.6. The number of rotatable bonds is 3. The molecular weight excluding hydrogens is 329 g/mol. The van der Waals surface area contributed by atoms with E-state index in [1.807, 2.05) is 10.2 Å². The lowest BCUT2D eigenvalue weighted by Gasteiger charge is -2.11. The Morgan fingerprint density at radius 2 is 2.29 bits per heavy atom. The molecule has 0 atom stereocenters. The summed E-state index contributed by atoms with van der Waals surface area (Å²) in [6.45, 7) is 6.40. The highest BCUT2D eigenvalue weighted by Gasteiger charge is 2.08. The molecule has 0 spiro atoms. The molecule has 0 aliphatic heterocycles. The van der Waals surface area contributed by atoms with E-state index in [9.17, 15) is 0 Å². The predicted molar refractivity (Wildman–Crippen MR) is 74.2 cm³/mol. The number of hydrogen-bond acceptors (Lipinski definition) is 4. The summed E-state index contributed by atoms with van der Waals surface area (Å²) < 4.78 is 6.36. The van der Waals surface area contributed by atoms with E-state index in [-0.39, 0.29) is 4.75 Å². The second-order valence-corrected chi connectivity index (χ2v) is 7.03. The molecule has 0 N–H and O–H groups in total. The van der Waals surface area contributed by atoms with Crippen LogP contribution >= 0.6 is 42.3 Å². The molecule has 1 aromatic rings. The zero-order valence-electron chi connectivity index (χ0n) is 8.27. The van der Waals surface area contributed by atoms with Gasteiger partial charge in [-0.05, 0) is 32.7 Å². The fraction of sp³-hybridized carbons (Fsp3) is 0.500. The van der Waals surface area contributed by atoms with E-state index >= 15 is 0 Å². The number of imidazole rings is 1. The molecule has 1 heterocycles. The van der Waals surface area contributed by atoms with Crippen LogP contribution in [-0.2, 0) is 0 Å². The zero-order valence-corrected chi connectivity index (χ0v) is 12.1. The molecule has 0 aromatic carbocycles. The highest BCUT2D eigenvalue weighted by atomic mass is 127. The largest absolute Gasteiger partial charge is 0.271 e. The summed E-state index contributed by atoms with van der Waals surface area (Å²) in [7, 11) is 1.58. The first-order chi connectivity index (χ1) is 6.51. The Hall–Kier alpha value is 0.310. The third kappa shape index (κ3) is 4.70. The van der Waals surface area contributed by atoms with Crippen LogP contribution in [0.5, 0.6) is 0 Å². The molecule has 1 rings (SSSR count). The van der Waals surface area contributed by atoms with Crippen molar-refractivity contribution in [3.8, 4) is 0 Å². The van der Waals surface area contributed by atoms with Gasteiger partial charge in [0, 0.05) is 41.3 Å². The average molecular weight is 341 g/mol. The van der Waals surface area contributed by atoms with Gasteiger partial charge in [-0.3, -0.25) is 3.97 Å². The smallest absolute Gasteiger partial charge is 0.106 e. The minimum Gasteiger partial charge on any atom is -0.271 e. The molecular formula is C8H12IN3S2. The molecule has 6 heteroatoms. The maximum Gasteiger partial charge on any atom is 0.106 e. The Morgan fingerprint density at radius 1 is 1.57 bits per heavy atom. The number of hydrogen-bond donors (Lipinski definition) is 0. The lowest BCUT2D eigenvalue weighted by Crippen LogP contribution is -2.04. The van der Waals surface area contributed by atoms with Crippen LogP contribution < -0.4 is 0 Å². The van der Waals surface area contributed by atoms with E-state index in [0.717, 1.165) is 5.69 Å². The van der Waals surface area contributed by atoms with Crippen LogP contribution in [0, 0.1) is 0 Å². The van der Waals surface area contributed by atoms with Gasteiger partial charge in [-0.2, -0.15) is 0 Å². The summed E-state index contributed by atoms with van der Waals surface area (Å²) in [6.07, 6.45) is 5.52. The topological polar surface area (TPSA) is 30.2 Å². The van der Waals surface area contributed by atoms with Crippen molar-refractivity contribution < 1.29 is 0 Å². The maximum atomic E-state index is 4.26. The van der Waals surface area contributed by atoms with Crippen LogP contribution in [0.2, 0.25) is 0 Å². The average Bonchev–Trinajstić information content (AvgIpc) is 2.50. The molecule has 0 bridgehead atoms. The molecule has 0 unspecified atom stereocenters. The van der Waals surface area contributed by atoms with Gasteiger partial charge in [0.15, 0.2) is 0 Å². The third-order valence-electron chi connectivity index (χ3n) is 1.17. The second kappa shape index (κ2) is 5.41. The van der Waals surface area contributed by atoms with Crippen molar-refractivity contribution in [2.45, 2.75) is 25.5 Å². The molecule has 0 saturated heterocycles. The van der Waals surface area contributed by atoms with Crippen molar-refractivity contribution in [2.24, 2.45) is 4.40 Å². The summed E-state index contributed by atoms with van der Waals surface area (Å²) in [5.41, 5.74) is 0.894. The minimum absolute atomic E-state index is 0.164. The van der Waals surface area contributed by atoms with E-state index in [4.69, 9.17) is 0 Å². The molecule has 0 saturated carbocycles. The second-order valence-electron chi connectivity index (χ2n) is 3.67. The Kier molecular flexibility index (Phi) is 4.78. The lowest BCUT2D eigenvalue weighted by atomic mass is 10.3. The van der Waals surface area contributed by atoms with Crippen LogP contribution in [0.25, 0.3) is 0 Å². The summed E-state index contributed by atoms with van der Waals surface area (Å²) in [4.78, 5) is 4.18. The van der Waals surface area contributed by atoms with E-state index in [2.05, 4.69) is 51.4 Å². The highest BCUT2D eigenvalue weighted by Crippen LogP contribution is 2.23. The summed E-state index contributed by atoms with van der Waals surface area (Å²) in [5, 5.41) is 0. The lowest BCUT2D eigenvalue weighted by molar-refractivity contribution is 0.804. The monoisotopic (exact) mass is 341 g/mol. The first kappa shape index (κ1) is 12.4. The quantitative estimate of drug-likeness (QED) is 0.478. The molecule has 0 aliphatic carbocycles. The number of aromatic nitrogens is 2. The van der Waals surface area contributed by atoms with E-state index in [0.29, 0.717) is 0 Å². The van der Waals surface area contributed by atoms with Crippen molar-refractivity contribution in [1.82, 2.24) is 8.96 Å². The minimum atomic E-state index is 0.164. The first-order valence-corrected chi connectivity index (χ1v) is 8.15. The van der Waals surface area contributed by atoms with Crippen LogP contribution in [0.1, 0.15) is 26.5 Å². The fourth-order valence-electron chi connectivity index (χ4n) is 0.663. The third-order valence-corrected chi connectivity index (χ3v) is 3.65. The van der Waals surface area contributed by atoms with Crippen molar-refractivity contribution >= 4 is 48.5 Å². The van der Waals surface area contributed by atoms with Crippen LogP contribution in [-0.4, -0.2) is 19.9 Å². The Labute approximate surface area is 105 Å². The number of nitrogens with zero attached hydrogens (tertiary/aromatic N) is 3. The number of halogens is 1. The Bertz CT molecular complexity index is 317. The van der Waals surface area contributed by atoms with Gasteiger partial charge < -0.3 is 0 Å². The van der Waals surface area contributed by atoms with E-state index < -0.39 is 0 Å². The molecule has 0 aliphatic rings. The van der Waals surface area contributed by atoms with Crippen LogP contribution in [0.4, 0.5) is 0 Å². The first-order valence-electron chi connectivity index (χ1n) is 4.06. The van der Waals surface area contributed by atoms with Crippen molar-refractivity contribution in [1.29, 1.82) is 0 Å². The molecule has 0 radical (unpaired) electrons. The standard InChI is InChI=1S/C8H12IN3S2/c1-8(2,3)13-11-4-7-5-12(14-9)6-10-7/h4-6H,1-3H3/b11-4+. The van der Waals surface area contributed by atoms with Crippen molar-refractivity contribution in [2.75, 3.05) is 0 Å². The molecule has 78 valence electrons. The van der Waals surface area contributed by atoms with Gasteiger partial charge in [-0.1, -0.05) is 0 Å². The van der Waals surface area contributed by atoms with E-state index in [1.165, 1.54) is 0 Å². The van der Waals surface area contributed by atoms with Gasteiger partial charge in [0.2, 0.25) is 0 Å². The Balaban J connectivity index is 2.52. The van der Waals surface area contributed by atoms with Gasteiger partial charge in [-0.25, -0.2) is 9.38 Å². The van der Waals surface area contributed by atoms with Crippen molar-refractivity contribution in [3.05, 3.63) is 18.2 Å². The summed E-state index contributed by atoms with van der Waals surface area (Å²) >= 11 is 3.76.